The Morgan fingerprint density at radius 2 is 2.00 bits per heavy atom. The van der Waals surface area contributed by atoms with E-state index < -0.39 is 5.95 Å². The number of pyridine rings is 1. The van der Waals surface area contributed by atoms with E-state index in [1.807, 2.05) is 29.8 Å². The molecule has 0 radical (unpaired) electrons. The average molecular weight is 394 g/mol. The zero-order valence-corrected chi connectivity index (χ0v) is 16.5. The van der Waals surface area contributed by atoms with Gasteiger partial charge in [-0.3, -0.25) is 4.79 Å². The molecule has 1 aliphatic rings. The number of carbonyl (C=O) groups excluding carboxylic acids is 1. The van der Waals surface area contributed by atoms with Crippen LogP contribution in [0.4, 0.5) is 15.8 Å². The van der Waals surface area contributed by atoms with Crippen LogP contribution in [-0.2, 0) is 11.8 Å². The van der Waals surface area contributed by atoms with Gasteiger partial charge in [-0.1, -0.05) is 12.1 Å². The van der Waals surface area contributed by atoms with E-state index in [2.05, 4.69) is 25.4 Å². The van der Waals surface area contributed by atoms with Crippen LogP contribution in [0.1, 0.15) is 31.5 Å². The molecule has 1 amide bonds. The van der Waals surface area contributed by atoms with Crippen molar-refractivity contribution in [2.75, 3.05) is 23.3 Å². The van der Waals surface area contributed by atoms with Crippen LogP contribution < -0.4 is 10.2 Å². The highest BCUT2D eigenvalue weighted by atomic mass is 19.1. The number of rotatable bonds is 4. The topological polar surface area (TPSA) is 75.9 Å². The largest absolute Gasteiger partial charge is 0.369 e. The SMILES string of the molecule is CC(=O)Nc1cccc(-c2ccc(F)nc2)c1N1CCC(c2nncn2C)CC1. The Bertz CT molecular complexity index is 1010. The Balaban J connectivity index is 1.67. The smallest absolute Gasteiger partial charge is 0.221 e. The number of anilines is 2. The second kappa shape index (κ2) is 7.98. The Morgan fingerprint density at radius 1 is 1.21 bits per heavy atom. The Kier molecular flexibility index (Phi) is 5.24. The third-order valence-electron chi connectivity index (χ3n) is 5.31. The summed E-state index contributed by atoms with van der Waals surface area (Å²) in [5.41, 5.74) is 3.41. The van der Waals surface area contributed by atoms with Gasteiger partial charge in [0.2, 0.25) is 11.9 Å². The first kappa shape index (κ1) is 19.0. The Morgan fingerprint density at radius 3 is 2.62 bits per heavy atom. The van der Waals surface area contributed by atoms with Crippen molar-refractivity contribution in [3.63, 3.8) is 0 Å². The lowest BCUT2D eigenvalue weighted by Gasteiger charge is -2.35. The second-order valence-electron chi connectivity index (χ2n) is 7.31. The molecular weight excluding hydrogens is 371 g/mol. The van der Waals surface area contributed by atoms with Crippen LogP contribution >= 0.6 is 0 Å². The van der Waals surface area contributed by atoms with E-state index in [9.17, 15) is 9.18 Å². The van der Waals surface area contributed by atoms with Crippen LogP contribution in [-0.4, -0.2) is 38.7 Å². The van der Waals surface area contributed by atoms with Gasteiger partial charge in [0.1, 0.15) is 12.2 Å². The maximum absolute atomic E-state index is 13.3. The molecule has 1 fully saturated rings. The van der Waals surface area contributed by atoms with Crippen molar-refractivity contribution >= 4 is 17.3 Å². The van der Waals surface area contributed by atoms with E-state index in [-0.39, 0.29) is 5.91 Å². The number of aryl methyl sites for hydroxylation is 1. The van der Waals surface area contributed by atoms with Crippen molar-refractivity contribution in [2.45, 2.75) is 25.7 Å². The molecule has 4 rings (SSSR count). The zero-order valence-electron chi connectivity index (χ0n) is 16.5. The summed E-state index contributed by atoms with van der Waals surface area (Å²) in [6.07, 6.45) is 5.12. The van der Waals surface area contributed by atoms with Crippen molar-refractivity contribution in [3.05, 3.63) is 54.6 Å². The molecule has 1 saturated heterocycles. The molecule has 1 aromatic carbocycles. The number of aromatic nitrogens is 4. The standard InChI is InChI=1S/C21H23FN6O/c1-14(29)25-18-5-3-4-17(16-6-7-19(22)23-12-16)20(18)28-10-8-15(9-11-28)21-26-24-13-27(21)2/h3-7,12-13,15H,8-11H2,1-2H3,(H,25,29). The summed E-state index contributed by atoms with van der Waals surface area (Å²) in [5.74, 6) is 0.706. The maximum atomic E-state index is 13.3. The fourth-order valence-corrected chi connectivity index (χ4v) is 3.97. The van der Waals surface area contributed by atoms with Gasteiger partial charge in [0.15, 0.2) is 0 Å². The monoisotopic (exact) mass is 394 g/mol. The first-order chi connectivity index (χ1) is 14.0. The number of piperidine rings is 1. The summed E-state index contributed by atoms with van der Waals surface area (Å²) in [5, 5.41) is 11.2. The van der Waals surface area contributed by atoms with E-state index in [0.717, 1.165) is 54.3 Å². The molecule has 0 saturated carbocycles. The number of nitrogens with one attached hydrogen (secondary N) is 1. The van der Waals surface area contributed by atoms with Gasteiger partial charge < -0.3 is 14.8 Å². The lowest BCUT2D eigenvalue weighted by atomic mass is 9.94. The van der Waals surface area contributed by atoms with Gasteiger partial charge in [0, 0.05) is 50.3 Å². The van der Waals surface area contributed by atoms with E-state index in [1.54, 1.807) is 12.4 Å². The summed E-state index contributed by atoms with van der Waals surface area (Å²) in [6.45, 7) is 3.13. The molecule has 3 aromatic rings. The van der Waals surface area contributed by atoms with Gasteiger partial charge in [0.25, 0.3) is 0 Å². The van der Waals surface area contributed by atoms with E-state index >= 15 is 0 Å². The molecule has 7 nitrogen and oxygen atoms in total. The van der Waals surface area contributed by atoms with Crippen LogP contribution in [0, 0.1) is 5.95 Å². The first-order valence-electron chi connectivity index (χ1n) is 9.64. The van der Waals surface area contributed by atoms with Crippen LogP contribution in [0.15, 0.2) is 42.9 Å². The van der Waals surface area contributed by atoms with Gasteiger partial charge in [-0.25, -0.2) is 4.98 Å². The lowest BCUT2D eigenvalue weighted by molar-refractivity contribution is -0.114. The molecule has 0 unspecified atom stereocenters. The van der Waals surface area contributed by atoms with Gasteiger partial charge in [-0.05, 0) is 31.0 Å². The van der Waals surface area contributed by atoms with Crippen molar-refractivity contribution in [2.24, 2.45) is 7.05 Å². The summed E-state index contributed by atoms with van der Waals surface area (Å²) >= 11 is 0. The fourth-order valence-electron chi connectivity index (χ4n) is 3.97. The summed E-state index contributed by atoms with van der Waals surface area (Å²) in [7, 11) is 1.97. The predicted octanol–water partition coefficient (Wildman–Crippen LogP) is 3.36. The number of amides is 1. The van der Waals surface area contributed by atoms with Crippen LogP contribution in [0.3, 0.4) is 0 Å². The molecule has 1 N–H and O–H groups in total. The predicted molar refractivity (Wildman–Crippen MR) is 109 cm³/mol. The minimum atomic E-state index is -0.516. The van der Waals surface area contributed by atoms with Gasteiger partial charge >= 0.3 is 0 Å². The van der Waals surface area contributed by atoms with Crippen molar-refractivity contribution < 1.29 is 9.18 Å². The highest BCUT2D eigenvalue weighted by Gasteiger charge is 2.27. The molecule has 29 heavy (non-hydrogen) atoms. The van der Waals surface area contributed by atoms with Crippen LogP contribution in [0.2, 0.25) is 0 Å². The van der Waals surface area contributed by atoms with E-state index in [0.29, 0.717) is 5.92 Å². The highest BCUT2D eigenvalue weighted by molar-refractivity contribution is 5.97. The summed E-state index contributed by atoms with van der Waals surface area (Å²) in [6, 6.07) is 8.82. The summed E-state index contributed by atoms with van der Waals surface area (Å²) < 4.78 is 15.3. The average Bonchev–Trinajstić information content (AvgIpc) is 3.14. The Hall–Kier alpha value is -3.29. The summed E-state index contributed by atoms with van der Waals surface area (Å²) in [4.78, 5) is 17.8. The zero-order chi connectivity index (χ0) is 20.4. The molecule has 3 heterocycles. The van der Waals surface area contributed by atoms with E-state index in [1.165, 1.54) is 19.2 Å². The number of carbonyl (C=O) groups is 1. The van der Waals surface area contributed by atoms with Crippen LogP contribution in [0.5, 0.6) is 0 Å². The van der Waals surface area contributed by atoms with Crippen LogP contribution in [0.25, 0.3) is 11.1 Å². The molecular formula is C21H23FN6O. The van der Waals surface area contributed by atoms with Gasteiger partial charge in [-0.15, -0.1) is 10.2 Å². The first-order valence-corrected chi connectivity index (χ1v) is 9.64. The molecule has 1 aliphatic heterocycles. The quantitative estimate of drug-likeness (QED) is 0.687. The number of para-hydroxylation sites is 1. The molecule has 150 valence electrons. The molecule has 8 heteroatoms. The molecule has 0 atom stereocenters. The number of hydrogen-bond acceptors (Lipinski definition) is 5. The molecule has 0 aliphatic carbocycles. The second-order valence-corrected chi connectivity index (χ2v) is 7.31. The minimum absolute atomic E-state index is 0.130. The molecule has 0 bridgehead atoms. The number of halogens is 1. The number of nitrogens with zero attached hydrogens (tertiary/aromatic N) is 5. The molecule has 0 spiro atoms. The lowest BCUT2D eigenvalue weighted by Crippen LogP contribution is -2.34. The van der Waals surface area contributed by atoms with Crippen molar-refractivity contribution in [3.8, 4) is 11.1 Å². The van der Waals surface area contributed by atoms with Gasteiger partial charge in [0.05, 0.1) is 11.4 Å². The Labute approximate surface area is 168 Å². The van der Waals surface area contributed by atoms with E-state index in [4.69, 9.17) is 0 Å². The van der Waals surface area contributed by atoms with Crippen molar-refractivity contribution in [1.29, 1.82) is 0 Å². The third-order valence-corrected chi connectivity index (χ3v) is 5.31. The minimum Gasteiger partial charge on any atom is -0.369 e. The molecule has 2 aromatic heterocycles. The fraction of sp³-hybridized carbons (Fsp3) is 0.333. The highest BCUT2D eigenvalue weighted by Crippen LogP contribution is 2.40. The maximum Gasteiger partial charge on any atom is 0.221 e. The van der Waals surface area contributed by atoms with Crippen molar-refractivity contribution in [1.82, 2.24) is 19.7 Å². The number of hydrogen-bond donors (Lipinski definition) is 1. The normalized spacial score (nSPS) is 14.8. The van der Waals surface area contributed by atoms with Gasteiger partial charge in [-0.2, -0.15) is 4.39 Å². The number of benzene rings is 1. The third kappa shape index (κ3) is 3.96.